The lowest BCUT2D eigenvalue weighted by molar-refractivity contribution is -0.127. The Bertz CT molecular complexity index is 1220. The smallest absolute Gasteiger partial charge is 0.227 e. The van der Waals surface area contributed by atoms with Gasteiger partial charge in [0.1, 0.15) is 0 Å². The summed E-state index contributed by atoms with van der Waals surface area (Å²) in [6, 6.07) is 15.5. The Hall–Kier alpha value is -3.81. The van der Waals surface area contributed by atoms with E-state index in [0.29, 0.717) is 30.3 Å². The number of nitrogens with zero attached hydrogens (tertiary/aromatic N) is 3. The van der Waals surface area contributed by atoms with E-state index in [-0.39, 0.29) is 24.3 Å². The molecule has 2 unspecified atom stereocenters. The minimum absolute atomic E-state index is 0.0719. The minimum atomic E-state index is -0.402. The predicted molar refractivity (Wildman–Crippen MR) is 132 cm³/mol. The van der Waals surface area contributed by atoms with E-state index >= 15 is 0 Å². The third-order valence-corrected chi connectivity index (χ3v) is 6.93. The molecule has 2 amide bonds. The first-order valence-corrected chi connectivity index (χ1v) is 12.0. The van der Waals surface area contributed by atoms with Crippen LogP contribution < -0.4 is 19.7 Å². The number of amides is 2. The third kappa shape index (κ3) is 4.60. The fraction of sp³-hybridized carbons (Fsp3) is 0.370. The first kappa shape index (κ1) is 23.0. The number of benzene rings is 2. The molecular weight excluding hydrogens is 444 g/mol. The van der Waals surface area contributed by atoms with Crippen molar-refractivity contribution < 1.29 is 19.1 Å². The van der Waals surface area contributed by atoms with Crippen LogP contribution in [0.25, 0.3) is 0 Å². The summed E-state index contributed by atoms with van der Waals surface area (Å²) >= 11 is 0. The zero-order chi connectivity index (χ0) is 24.4. The molecule has 35 heavy (non-hydrogen) atoms. The molecule has 2 heterocycles. The van der Waals surface area contributed by atoms with E-state index in [2.05, 4.69) is 22.5 Å². The number of aromatic nitrogens is 2. The van der Waals surface area contributed by atoms with Gasteiger partial charge in [-0.1, -0.05) is 30.3 Å². The number of carbonyl (C=O) groups is 2. The number of ether oxygens (including phenoxy) is 2. The molecule has 1 aliphatic carbocycles. The van der Waals surface area contributed by atoms with Gasteiger partial charge in [-0.25, -0.2) is 0 Å². The second-order valence-electron chi connectivity index (χ2n) is 9.09. The van der Waals surface area contributed by atoms with E-state index in [1.807, 2.05) is 35.1 Å². The van der Waals surface area contributed by atoms with E-state index < -0.39 is 5.92 Å². The summed E-state index contributed by atoms with van der Waals surface area (Å²) in [7, 11) is 3.13. The van der Waals surface area contributed by atoms with Crippen molar-refractivity contribution in [1.82, 2.24) is 15.1 Å². The molecule has 5 rings (SSSR count). The molecule has 0 saturated carbocycles. The average molecular weight is 475 g/mol. The molecule has 1 aliphatic heterocycles. The predicted octanol–water partition coefficient (Wildman–Crippen LogP) is 3.50. The molecule has 2 atom stereocenters. The van der Waals surface area contributed by atoms with Crippen molar-refractivity contribution in [3.8, 4) is 11.5 Å². The lowest BCUT2D eigenvalue weighted by Gasteiger charge is -2.25. The Morgan fingerprint density at radius 1 is 1.11 bits per heavy atom. The maximum Gasteiger partial charge on any atom is 0.227 e. The molecule has 1 N–H and O–H groups in total. The van der Waals surface area contributed by atoms with Gasteiger partial charge in [0.15, 0.2) is 11.5 Å². The van der Waals surface area contributed by atoms with Crippen LogP contribution in [-0.2, 0) is 22.6 Å². The number of carbonyl (C=O) groups excluding carboxylic acids is 2. The van der Waals surface area contributed by atoms with E-state index in [1.165, 1.54) is 11.3 Å². The Labute approximate surface area is 204 Å². The molecule has 182 valence electrons. The van der Waals surface area contributed by atoms with Gasteiger partial charge in [-0.05, 0) is 37.0 Å². The van der Waals surface area contributed by atoms with Crippen LogP contribution in [0.15, 0.2) is 54.7 Å². The highest BCUT2D eigenvalue weighted by molar-refractivity contribution is 6.00. The van der Waals surface area contributed by atoms with Crippen molar-refractivity contribution in [3.05, 3.63) is 71.5 Å². The van der Waals surface area contributed by atoms with Crippen molar-refractivity contribution >= 4 is 17.5 Å². The summed E-state index contributed by atoms with van der Waals surface area (Å²) in [6.45, 7) is 1.06. The lowest BCUT2D eigenvalue weighted by Crippen LogP contribution is -2.36. The van der Waals surface area contributed by atoms with Gasteiger partial charge in [-0.3, -0.25) is 14.3 Å². The maximum atomic E-state index is 13.2. The van der Waals surface area contributed by atoms with Gasteiger partial charge in [0.05, 0.1) is 38.9 Å². The van der Waals surface area contributed by atoms with Crippen LogP contribution in [0.4, 0.5) is 5.69 Å². The molecule has 0 spiro atoms. The van der Waals surface area contributed by atoms with Crippen LogP contribution in [0.5, 0.6) is 11.5 Å². The Morgan fingerprint density at radius 2 is 1.91 bits per heavy atom. The van der Waals surface area contributed by atoms with Crippen molar-refractivity contribution in [1.29, 1.82) is 0 Å². The molecule has 1 fully saturated rings. The quantitative estimate of drug-likeness (QED) is 0.567. The van der Waals surface area contributed by atoms with Crippen molar-refractivity contribution in [2.75, 3.05) is 25.7 Å². The number of methoxy groups -OCH3 is 2. The van der Waals surface area contributed by atoms with Crippen LogP contribution in [0.2, 0.25) is 0 Å². The first-order valence-electron chi connectivity index (χ1n) is 12.0. The van der Waals surface area contributed by atoms with E-state index in [0.717, 1.165) is 24.8 Å². The van der Waals surface area contributed by atoms with Crippen molar-refractivity contribution in [3.63, 3.8) is 0 Å². The van der Waals surface area contributed by atoms with Gasteiger partial charge in [0.2, 0.25) is 11.8 Å². The van der Waals surface area contributed by atoms with Crippen LogP contribution in [0, 0.1) is 5.92 Å². The molecule has 2 aromatic carbocycles. The highest BCUT2D eigenvalue weighted by atomic mass is 16.5. The Kier molecular flexibility index (Phi) is 6.44. The van der Waals surface area contributed by atoms with E-state index in [4.69, 9.17) is 9.47 Å². The zero-order valence-corrected chi connectivity index (χ0v) is 20.1. The number of fused-ring (bicyclic) bond motifs is 1. The third-order valence-electron chi connectivity index (χ3n) is 6.93. The summed E-state index contributed by atoms with van der Waals surface area (Å²) in [5.41, 5.74) is 4.16. The molecule has 1 aromatic heterocycles. The topological polar surface area (TPSA) is 85.7 Å². The normalized spacial score (nSPS) is 19.4. The molecule has 8 heteroatoms. The first-order chi connectivity index (χ1) is 17.1. The molecule has 2 aliphatic rings. The number of hydrogen-bond acceptors (Lipinski definition) is 5. The van der Waals surface area contributed by atoms with Crippen LogP contribution in [0.1, 0.15) is 42.1 Å². The zero-order valence-electron chi connectivity index (χ0n) is 20.1. The largest absolute Gasteiger partial charge is 0.493 e. The summed E-state index contributed by atoms with van der Waals surface area (Å²) in [5.74, 6) is 0.582. The van der Waals surface area contributed by atoms with Crippen LogP contribution in [0.3, 0.4) is 0 Å². The lowest BCUT2D eigenvalue weighted by atomic mass is 9.92. The SMILES string of the molecule is COc1ccc(N2CC(C(=O)NC3CCCc4c3cnn4Cc3ccccc3)CC2=O)cc1OC. The molecule has 0 bridgehead atoms. The monoisotopic (exact) mass is 474 g/mol. The van der Waals surface area contributed by atoms with Gasteiger partial charge in [-0.2, -0.15) is 5.10 Å². The summed E-state index contributed by atoms with van der Waals surface area (Å²) < 4.78 is 12.7. The highest BCUT2D eigenvalue weighted by Gasteiger charge is 2.37. The number of hydrogen-bond donors (Lipinski definition) is 1. The molecule has 8 nitrogen and oxygen atoms in total. The Balaban J connectivity index is 1.27. The van der Waals surface area contributed by atoms with Crippen LogP contribution in [-0.4, -0.2) is 42.4 Å². The second-order valence-corrected chi connectivity index (χ2v) is 9.09. The molecule has 1 saturated heterocycles. The number of rotatable bonds is 7. The minimum Gasteiger partial charge on any atom is -0.493 e. The highest BCUT2D eigenvalue weighted by Crippen LogP contribution is 2.35. The number of anilines is 1. The Morgan fingerprint density at radius 3 is 2.69 bits per heavy atom. The van der Waals surface area contributed by atoms with Gasteiger partial charge in [0, 0.05) is 36.0 Å². The summed E-state index contributed by atoms with van der Waals surface area (Å²) in [6.07, 6.45) is 4.88. The van der Waals surface area contributed by atoms with Gasteiger partial charge < -0.3 is 19.7 Å². The van der Waals surface area contributed by atoms with E-state index in [1.54, 1.807) is 31.3 Å². The fourth-order valence-corrected chi connectivity index (χ4v) is 5.08. The maximum absolute atomic E-state index is 13.2. The van der Waals surface area contributed by atoms with Gasteiger partial charge in [0.25, 0.3) is 0 Å². The number of nitrogens with one attached hydrogen (secondary N) is 1. The molecule has 0 radical (unpaired) electrons. The summed E-state index contributed by atoms with van der Waals surface area (Å²) in [5, 5.41) is 7.83. The van der Waals surface area contributed by atoms with Gasteiger partial charge in [-0.15, -0.1) is 0 Å². The molecular formula is C27H30N4O4. The van der Waals surface area contributed by atoms with E-state index in [9.17, 15) is 9.59 Å². The summed E-state index contributed by atoms with van der Waals surface area (Å²) in [4.78, 5) is 27.6. The molecule has 3 aromatic rings. The average Bonchev–Trinajstić information content (AvgIpc) is 3.48. The van der Waals surface area contributed by atoms with Crippen molar-refractivity contribution in [2.24, 2.45) is 5.92 Å². The standard InChI is InChI=1S/C27H30N4O4/c1-34-24-12-11-20(14-25(24)35-2)30-17-19(13-26(30)32)27(33)29-22-9-6-10-23-21(22)15-28-31(23)16-18-7-4-3-5-8-18/h3-5,7-8,11-12,14-15,19,22H,6,9-10,13,16-17H2,1-2H3,(H,29,33). The second kappa shape index (κ2) is 9.82. The fourth-order valence-electron chi connectivity index (χ4n) is 5.08. The van der Waals surface area contributed by atoms with Crippen LogP contribution >= 0.6 is 0 Å². The van der Waals surface area contributed by atoms with Gasteiger partial charge >= 0.3 is 0 Å². The van der Waals surface area contributed by atoms with Crippen molar-refractivity contribution in [2.45, 2.75) is 38.3 Å².